The summed E-state index contributed by atoms with van der Waals surface area (Å²) in [6.45, 7) is 0. The van der Waals surface area contributed by atoms with E-state index in [1.165, 1.54) is 23.1 Å². The number of nitrogens with zero attached hydrogens (tertiary/aromatic N) is 4. The van der Waals surface area contributed by atoms with Crippen molar-refractivity contribution >= 4 is 11.7 Å². The number of carboxylic acids is 1. The highest BCUT2D eigenvalue weighted by atomic mass is 16.4. The maximum absolute atomic E-state index is 10.5. The van der Waals surface area contributed by atoms with Crippen LogP contribution in [0.5, 0.6) is 0 Å². The van der Waals surface area contributed by atoms with Crippen molar-refractivity contribution in [2.45, 2.75) is 12.5 Å². The average molecular weight is 207 g/mol. The molecule has 0 spiro atoms. The van der Waals surface area contributed by atoms with E-state index in [1.807, 2.05) is 0 Å². The number of carbonyl (C=O) groups is 1. The monoisotopic (exact) mass is 207 g/mol. The van der Waals surface area contributed by atoms with Crippen LogP contribution in [-0.4, -0.2) is 30.7 Å². The first-order valence-electron chi connectivity index (χ1n) is 4.30. The molecule has 7 nitrogen and oxygen atoms in total. The number of rotatable bonds is 3. The van der Waals surface area contributed by atoms with Gasteiger partial charge < -0.3 is 10.8 Å². The molecule has 0 saturated carbocycles. The summed E-state index contributed by atoms with van der Waals surface area (Å²) >= 11 is 0. The summed E-state index contributed by atoms with van der Waals surface area (Å²) in [5, 5.41) is 12.6. The van der Waals surface area contributed by atoms with Crippen molar-refractivity contribution in [3.05, 3.63) is 24.3 Å². The Morgan fingerprint density at radius 2 is 2.33 bits per heavy atom. The third-order valence-electron chi connectivity index (χ3n) is 1.96. The molecular weight excluding hydrogens is 198 g/mol. The lowest BCUT2D eigenvalue weighted by atomic mass is 10.2. The van der Waals surface area contributed by atoms with Crippen LogP contribution < -0.4 is 5.73 Å². The lowest BCUT2D eigenvalue weighted by Gasteiger charge is -2.06. The molecule has 0 fully saturated rings. The average Bonchev–Trinajstić information content (AvgIpc) is 2.59. The summed E-state index contributed by atoms with van der Waals surface area (Å²) in [5.74, 6) is -0.547. The zero-order valence-electron chi connectivity index (χ0n) is 7.74. The second kappa shape index (κ2) is 3.62. The Balaban J connectivity index is 2.39. The molecule has 0 aliphatic heterocycles. The Morgan fingerprint density at radius 3 is 3.07 bits per heavy atom. The van der Waals surface area contributed by atoms with Crippen LogP contribution in [0, 0.1) is 0 Å². The van der Waals surface area contributed by atoms with E-state index in [-0.39, 0.29) is 6.42 Å². The van der Waals surface area contributed by atoms with Gasteiger partial charge in [-0.3, -0.25) is 4.79 Å². The van der Waals surface area contributed by atoms with Crippen molar-refractivity contribution in [2.24, 2.45) is 5.73 Å². The summed E-state index contributed by atoms with van der Waals surface area (Å²) in [4.78, 5) is 18.4. The summed E-state index contributed by atoms with van der Waals surface area (Å²) < 4.78 is 1.44. The van der Waals surface area contributed by atoms with Crippen LogP contribution in [0.25, 0.3) is 5.78 Å². The number of nitrogens with two attached hydrogens (primary N) is 1. The quantitative estimate of drug-likeness (QED) is 0.709. The Kier molecular flexibility index (Phi) is 2.30. The molecule has 0 aliphatic rings. The molecule has 0 aliphatic carbocycles. The van der Waals surface area contributed by atoms with Crippen molar-refractivity contribution in [3.8, 4) is 0 Å². The molecule has 2 aromatic heterocycles. The highest BCUT2D eigenvalue weighted by Crippen LogP contribution is 2.13. The maximum Gasteiger partial charge on any atom is 0.305 e. The molecule has 0 saturated heterocycles. The minimum Gasteiger partial charge on any atom is -0.481 e. The molecule has 78 valence electrons. The molecular formula is C8H9N5O2. The van der Waals surface area contributed by atoms with Crippen LogP contribution >= 0.6 is 0 Å². The lowest BCUT2D eigenvalue weighted by molar-refractivity contribution is -0.137. The summed E-state index contributed by atoms with van der Waals surface area (Å²) in [6.07, 6.45) is 4.33. The first kappa shape index (κ1) is 9.53. The topological polar surface area (TPSA) is 106 Å². The third kappa shape index (κ3) is 1.77. The fraction of sp³-hybridized carbons (Fsp3) is 0.250. The van der Waals surface area contributed by atoms with Gasteiger partial charge in [-0.15, -0.1) is 0 Å². The maximum atomic E-state index is 10.5. The second-order valence-electron chi connectivity index (χ2n) is 3.04. The van der Waals surface area contributed by atoms with Gasteiger partial charge in [0.15, 0.2) is 0 Å². The van der Waals surface area contributed by atoms with Crippen LogP contribution in [0.15, 0.2) is 18.6 Å². The largest absolute Gasteiger partial charge is 0.481 e. The molecule has 1 atom stereocenters. The van der Waals surface area contributed by atoms with Gasteiger partial charge in [-0.25, -0.2) is 9.97 Å². The first-order valence-corrected chi connectivity index (χ1v) is 4.30. The van der Waals surface area contributed by atoms with Crippen LogP contribution in [0.2, 0.25) is 0 Å². The number of hydrogen-bond acceptors (Lipinski definition) is 5. The summed E-state index contributed by atoms with van der Waals surface area (Å²) in [5.41, 5.74) is 6.24. The smallest absolute Gasteiger partial charge is 0.305 e. The minimum absolute atomic E-state index is 0.162. The Labute approximate surface area is 84.6 Å². The van der Waals surface area contributed by atoms with Crippen LogP contribution in [0.1, 0.15) is 18.2 Å². The lowest BCUT2D eigenvalue weighted by Crippen LogP contribution is -2.17. The zero-order chi connectivity index (χ0) is 10.8. The molecule has 2 heterocycles. The van der Waals surface area contributed by atoms with E-state index in [4.69, 9.17) is 10.8 Å². The molecule has 0 amide bonds. The van der Waals surface area contributed by atoms with Gasteiger partial charge in [-0.2, -0.15) is 9.61 Å². The van der Waals surface area contributed by atoms with E-state index in [9.17, 15) is 4.79 Å². The molecule has 1 unspecified atom stereocenters. The van der Waals surface area contributed by atoms with Gasteiger partial charge in [-0.05, 0) is 0 Å². The zero-order valence-corrected chi connectivity index (χ0v) is 7.74. The molecule has 0 radical (unpaired) electrons. The van der Waals surface area contributed by atoms with Gasteiger partial charge >= 0.3 is 5.97 Å². The predicted molar refractivity (Wildman–Crippen MR) is 50.0 cm³/mol. The fourth-order valence-corrected chi connectivity index (χ4v) is 1.30. The molecule has 0 aromatic carbocycles. The van der Waals surface area contributed by atoms with Crippen molar-refractivity contribution < 1.29 is 9.90 Å². The fourth-order valence-electron chi connectivity index (χ4n) is 1.30. The molecule has 2 aromatic rings. The van der Waals surface area contributed by atoms with Crippen LogP contribution in [0.4, 0.5) is 0 Å². The molecule has 3 N–H and O–H groups in total. The number of aliphatic carboxylic acids is 1. The molecule has 7 heteroatoms. The van der Waals surface area contributed by atoms with E-state index in [2.05, 4.69) is 15.1 Å². The predicted octanol–water partition coefficient (Wildman–Crippen LogP) is -0.401. The summed E-state index contributed by atoms with van der Waals surface area (Å²) in [6, 6.07) is -0.630. The van der Waals surface area contributed by atoms with Crippen molar-refractivity contribution in [1.82, 2.24) is 19.6 Å². The number of aromatic nitrogens is 4. The Hall–Kier alpha value is -2.02. The number of carboxylic acid groups (broad SMARTS) is 1. The van der Waals surface area contributed by atoms with Crippen molar-refractivity contribution in [3.63, 3.8) is 0 Å². The van der Waals surface area contributed by atoms with Gasteiger partial charge in [0.25, 0.3) is 5.78 Å². The van der Waals surface area contributed by atoms with E-state index < -0.39 is 12.0 Å². The Morgan fingerprint density at radius 1 is 1.53 bits per heavy atom. The highest BCUT2D eigenvalue weighted by molar-refractivity contribution is 5.67. The normalized spacial score (nSPS) is 12.9. The molecule has 2 rings (SSSR count). The van der Waals surface area contributed by atoms with Gasteiger partial charge in [0, 0.05) is 0 Å². The van der Waals surface area contributed by atoms with Gasteiger partial charge in [0.1, 0.15) is 0 Å². The standard InChI is InChI=1S/C8H9N5O2/c9-5(3-7(14)15)6-4-11-8-10-1-2-12-13(6)8/h1-2,4-5H,3,9H2,(H,14,15). The van der Waals surface area contributed by atoms with Gasteiger partial charge in [0.2, 0.25) is 0 Å². The van der Waals surface area contributed by atoms with E-state index in [1.54, 1.807) is 0 Å². The molecule has 15 heavy (non-hydrogen) atoms. The first-order chi connectivity index (χ1) is 7.18. The summed E-state index contributed by atoms with van der Waals surface area (Å²) in [7, 11) is 0. The SMILES string of the molecule is NC(CC(=O)O)c1cnc2nccnn12. The number of fused-ring (bicyclic) bond motifs is 1. The van der Waals surface area contributed by atoms with Gasteiger partial charge in [0.05, 0.1) is 36.7 Å². The van der Waals surface area contributed by atoms with Crippen molar-refractivity contribution in [1.29, 1.82) is 0 Å². The van der Waals surface area contributed by atoms with Crippen LogP contribution in [0.3, 0.4) is 0 Å². The van der Waals surface area contributed by atoms with E-state index in [0.29, 0.717) is 11.5 Å². The van der Waals surface area contributed by atoms with Crippen LogP contribution in [-0.2, 0) is 4.79 Å². The second-order valence-corrected chi connectivity index (χ2v) is 3.04. The van der Waals surface area contributed by atoms with E-state index in [0.717, 1.165) is 0 Å². The highest BCUT2D eigenvalue weighted by Gasteiger charge is 2.15. The third-order valence-corrected chi connectivity index (χ3v) is 1.96. The van der Waals surface area contributed by atoms with E-state index >= 15 is 0 Å². The number of hydrogen-bond donors (Lipinski definition) is 2. The van der Waals surface area contributed by atoms with Gasteiger partial charge in [-0.1, -0.05) is 0 Å². The van der Waals surface area contributed by atoms with Crippen molar-refractivity contribution in [2.75, 3.05) is 0 Å². The number of imidazole rings is 1. The minimum atomic E-state index is -0.957. The molecule has 0 bridgehead atoms. The Bertz CT molecular complexity index is 494.